The fraction of sp³-hybridized carbons (Fsp3) is 0.333. The largest absolute Gasteiger partial charge is 0.416 e. The Kier molecular flexibility index (Phi) is 3.85. The van der Waals surface area contributed by atoms with Crippen molar-refractivity contribution in [3.8, 4) is 0 Å². The number of hydrogen-bond acceptors (Lipinski definition) is 1. The van der Waals surface area contributed by atoms with E-state index in [9.17, 15) is 13.2 Å². The molecule has 4 heteroatoms. The number of nitrogens with zero attached hydrogens (tertiary/aromatic N) is 1. The van der Waals surface area contributed by atoms with E-state index in [1.54, 1.807) is 12.1 Å². The summed E-state index contributed by atoms with van der Waals surface area (Å²) < 4.78 is 39.4. The molecule has 116 valence electrons. The van der Waals surface area contributed by atoms with Crippen LogP contribution >= 0.6 is 0 Å². The van der Waals surface area contributed by atoms with Gasteiger partial charge >= 0.3 is 6.18 Å². The van der Waals surface area contributed by atoms with E-state index in [1.807, 2.05) is 6.07 Å². The molecule has 0 atom stereocenters. The molecule has 0 amide bonds. The van der Waals surface area contributed by atoms with Gasteiger partial charge in [0.05, 0.1) is 5.56 Å². The minimum Gasteiger partial charge on any atom is -0.366 e. The maximum atomic E-state index is 13.1. The Hall–Kier alpha value is -1.97. The SMILES string of the molecule is CCc1cccc2c1N(Cc1ccccc1C(F)(F)F)CC2. The summed E-state index contributed by atoms with van der Waals surface area (Å²) >= 11 is 0. The van der Waals surface area contributed by atoms with Crippen molar-refractivity contribution in [2.45, 2.75) is 32.5 Å². The van der Waals surface area contributed by atoms with Gasteiger partial charge in [-0.05, 0) is 35.6 Å². The number of rotatable bonds is 3. The van der Waals surface area contributed by atoms with Crippen LogP contribution in [0.1, 0.15) is 29.2 Å². The fourth-order valence-corrected chi connectivity index (χ4v) is 3.20. The number of benzene rings is 2. The number of alkyl halides is 3. The van der Waals surface area contributed by atoms with E-state index in [-0.39, 0.29) is 0 Å². The van der Waals surface area contributed by atoms with Crippen molar-refractivity contribution in [3.05, 3.63) is 64.7 Å². The Balaban J connectivity index is 1.95. The molecule has 0 fully saturated rings. The first-order chi connectivity index (χ1) is 10.5. The van der Waals surface area contributed by atoms with Crippen molar-refractivity contribution in [2.24, 2.45) is 0 Å². The number of hydrogen-bond donors (Lipinski definition) is 0. The first kappa shape index (κ1) is 14.9. The second-order valence-electron chi connectivity index (χ2n) is 5.60. The summed E-state index contributed by atoms with van der Waals surface area (Å²) in [5.41, 5.74) is 3.39. The van der Waals surface area contributed by atoms with Crippen molar-refractivity contribution in [1.29, 1.82) is 0 Å². The van der Waals surface area contributed by atoms with Crippen LogP contribution in [0.25, 0.3) is 0 Å². The van der Waals surface area contributed by atoms with Gasteiger partial charge in [0.1, 0.15) is 0 Å². The molecule has 1 aliphatic heterocycles. The van der Waals surface area contributed by atoms with Crippen molar-refractivity contribution in [2.75, 3.05) is 11.4 Å². The Morgan fingerprint density at radius 3 is 2.45 bits per heavy atom. The Bertz CT molecular complexity index is 676. The van der Waals surface area contributed by atoms with E-state index in [4.69, 9.17) is 0 Å². The summed E-state index contributed by atoms with van der Waals surface area (Å²) in [6.45, 7) is 3.16. The summed E-state index contributed by atoms with van der Waals surface area (Å²) in [7, 11) is 0. The molecule has 22 heavy (non-hydrogen) atoms. The summed E-state index contributed by atoms with van der Waals surface area (Å²) in [5, 5.41) is 0. The van der Waals surface area contributed by atoms with E-state index in [2.05, 4.69) is 24.0 Å². The molecule has 0 aliphatic carbocycles. The molecule has 0 aromatic heterocycles. The summed E-state index contributed by atoms with van der Waals surface area (Å²) in [5.74, 6) is 0. The molecule has 2 aromatic carbocycles. The van der Waals surface area contributed by atoms with E-state index < -0.39 is 11.7 Å². The van der Waals surface area contributed by atoms with Crippen molar-refractivity contribution < 1.29 is 13.2 Å². The van der Waals surface area contributed by atoms with Gasteiger partial charge in [0.15, 0.2) is 0 Å². The van der Waals surface area contributed by atoms with Crippen molar-refractivity contribution >= 4 is 5.69 Å². The first-order valence-corrected chi connectivity index (χ1v) is 7.51. The lowest BCUT2D eigenvalue weighted by atomic mass is 10.0. The monoisotopic (exact) mass is 305 g/mol. The second kappa shape index (κ2) is 5.67. The van der Waals surface area contributed by atoms with Gasteiger partial charge < -0.3 is 4.90 Å². The predicted octanol–water partition coefficient (Wildman–Crippen LogP) is 4.83. The molecule has 0 spiro atoms. The van der Waals surface area contributed by atoms with Gasteiger partial charge in [0.2, 0.25) is 0 Å². The maximum absolute atomic E-state index is 13.1. The Labute approximate surface area is 128 Å². The van der Waals surface area contributed by atoms with Gasteiger partial charge in [-0.2, -0.15) is 13.2 Å². The average Bonchev–Trinajstić information content (AvgIpc) is 2.90. The predicted molar refractivity (Wildman–Crippen MR) is 82.0 cm³/mol. The molecule has 0 N–H and O–H groups in total. The third-order valence-corrected chi connectivity index (χ3v) is 4.24. The highest BCUT2D eigenvalue weighted by Gasteiger charge is 2.34. The number of fused-ring (bicyclic) bond motifs is 1. The summed E-state index contributed by atoms with van der Waals surface area (Å²) in [4.78, 5) is 2.08. The summed E-state index contributed by atoms with van der Waals surface area (Å²) in [6.07, 6.45) is -2.51. The smallest absolute Gasteiger partial charge is 0.366 e. The lowest BCUT2D eigenvalue weighted by molar-refractivity contribution is -0.138. The lowest BCUT2D eigenvalue weighted by Gasteiger charge is -2.24. The minimum absolute atomic E-state index is 0.305. The van der Waals surface area contributed by atoms with Crippen LogP contribution in [0.2, 0.25) is 0 Å². The topological polar surface area (TPSA) is 3.24 Å². The van der Waals surface area contributed by atoms with Gasteiger partial charge in [-0.15, -0.1) is 0 Å². The van der Waals surface area contributed by atoms with E-state index in [0.29, 0.717) is 12.1 Å². The highest BCUT2D eigenvalue weighted by atomic mass is 19.4. The van der Waals surface area contributed by atoms with E-state index in [1.165, 1.54) is 17.2 Å². The number of anilines is 1. The number of aryl methyl sites for hydroxylation is 1. The first-order valence-electron chi connectivity index (χ1n) is 7.51. The minimum atomic E-state index is -4.30. The van der Waals surface area contributed by atoms with Gasteiger partial charge in [-0.3, -0.25) is 0 Å². The fourth-order valence-electron chi connectivity index (χ4n) is 3.20. The van der Waals surface area contributed by atoms with Crippen LogP contribution in [0.4, 0.5) is 18.9 Å². The highest BCUT2D eigenvalue weighted by Crippen LogP contribution is 2.36. The van der Waals surface area contributed by atoms with Gasteiger partial charge in [-0.1, -0.05) is 43.3 Å². The lowest BCUT2D eigenvalue weighted by Crippen LogP contribution is -2.23. The zero-order chi connectivity index (χ0) is 15.7. The highest BCUT2D eigenvalue weighted by molar-refractivity contribution is 5.63. The molecule has 0 unspecified atom stereocenters. The molecule has 0 saturated carbocycles. The molecule has 3 rings (SSSR count). The average molecular weight is 305 g/mol. The van der Waals surface area contributed by atoms with Gasteiger partial charge in [-0.25, -0.2) is 0 Å². The van der Waals surface area contributed by atoms with Crippen LogP contribution in [-0.4, -0.2) is 6.54 Å². The van der Waals surface area contributed by atoms with Crippen molar-refractivity contribution in [3.63, 3.8) is 0 Å². The third kappa shape index (κ3) is 2.70. The Morgan fingerprint density at radius 1 is 1.00 bits per heavy atom. The quantitative estimate of drug-likeness (QED) is 0.785. The number of halogens is 3. The zero-order valence-corrected chi connectivity index (χ0v) is 12.5. The van der Waals surface area contributed by atoms with E-state index in [0.717, 1.165) is 31.1 Å². The molecule has 1 heterocycles. The normalized spacial score (nSPS) is 14.3. The molecule has 1 aliphatic rings. The Morgan fingerprint density at radius 2 is 1.73 bits per heavy atom. The standard InChI is InChI=1S/C18H18F3N/c1-2-13-7-5-8-14-10-11-22(17(13)14)12-15-6-3-4-9-16(15)18(19,20)21/h3-9H,2,10-12H2,1H3. The van der Waals surface area contributed by atoms with Gasteiger partial charge in [0, 0.05) is 18.8 Å². The molecule has 0 radical (unpaired) electrons. The molecule has 1 nitrogen and oxygen atoms in total. The van der Waals surface area contributed by atoms with E-state index >= 15 is 0 Å². The van der Waals surface area contributed by atoms with Crippen LogP contribution in [0, 0.1) is 0 Å². The van der Waals surface area contributed by atoms with Crippen LogP contribution in [0.3, 0.4) is 0 Å². The van der Waals surface area contributed by atoms with Crippen LogP contribution in [0.15, 0.2) is 42.5 Å². The zero-order valence-electron chi connectivity index (χ0n) is 12.5. The van der Waals surface area contributed by atoms with Crippen LogP contribution in [-0.2, 0) is 25.6 Å². The molecular weight excluding hydrogens is 287 g/mol. The maximum Gasteiger partial charge on any atom is 0.416 e. The molecule has 0 saturated heterocycles. The molecular formula is C18H18F3N. The second-order valence-corrected chi connectivity index (χ2v) is 5.60. The van der Waals surface area contributed by atoms with Gasteiger partial charge in [0.25, 0.3) is 0 Å². The van der Waals surface area contributed by atoms with Crippen LogP contribution in [0.5, 0.6) is 0 Å². The number of para-hydroxylation sites is 1. The summed E-state index contributed by atoms with van der Waals surface area (Å²) in [6, 6.07) is 12.0. The molecule has 2 aromatic rings. The van der Waals surface area contributed by atoms with Crippen molar-refractivity contribution in [1.82, 2.24) is 0 Å². The molecule has 0 bridgehead atoms. The third-order valence-electron chi connectivity index (χ3n) is 4.24. The van der Waals surface area contributed by atoms with Crippen LogP contribution < -0.4 is 4.90 Å².